The summed E-state index contributed by atoms with van der Waals surface area (Å²) in [6, 6.07) is 18.3. The zero-order valence-electron chi connectivity index (χ0n) is 41.6. The molecule has 3 N–H and O–H groups in total. The fraction of sp³-hybridized carbons (Fsp3) is 0.360. The molecule has 0 radical (unpaired) electrons. The van der Waals surface area contributed by atoms with Gasteiger partial charge < -0.3 is 39.7 Å². The summed E-state index contributed by atoms with van der Waals surface area (Å²) in [6.07, 6.45) is 3.13. The number of hydrogen-bond acceptors (Lipinski definition) is 12. The number of halogens is 5. The Morgan fingerprint density at radius 2 is 1.15 bits per heavy atom. The van der Waals surface area contributed by atoms with Gasteiger partial charge in [0.25, 0.3) is 11.8 Å². The molecule has 0 unspecified atom stereocenters. The first-order valence-corrected chi connectivity index (χ1v) is 25.1. The lowest BCUT2D eigenvalue weighted by molar-refractivity contribution is -0.134. The highest BCUT2D eigenvalue weighted by Crippen LogP contribution is 2.33. The standard InChI is InChI=1S/C25H28Cl2N6O3.C14H18Cl2N2O2.C11H11ClN4O/c1-15-13-31(18-6-7-19(26)21(11-18)36-4)9-10-32(15)22(34)14-33-16(2)23(27)24(30-33)17-5-8-20(29-12-17)25(35)28-3;1-10-9-17(5-6-18(10)14(19)8-15)11-3-4-12(16)13(7-11)20-2;1-6-9(12)10(16-15-6)7-3-4-8(14-5-7)11(17)13-2/h5-8,11-12,15H,9-10,13-14H2,1-4H3,(H,28,35);3-4,7,10H,5-6,8-9H2,1-2H3;3-5H,1-2H3,(H,13,17)(H,15,16)/t15-;10-;/m00./s1. The Hall–Kier alpha value is -6.31. The summed E-state index contributed by atoms with van der Waals surface area (Å²) >= 11 is 30.5. The maximum Gasteiger partial charge on any atom is 0.269 e. The predicted molar refractivity (Wildman–Crippen MR) is 287 cm³/mol. The van der Waals surface area contributed by atoms with Crippen molar-refractivity contribution in [1.29, 1.82) is 0 Å². The lowest BCUT2D eigenvalue weighted by atomic mass is 10.1. The number of alkyl halides is 1. The second kappa shape index (κ2) is 25.6. The number of amides is 4. The van der Waals surface area contributed by atoms with Gasteiger partial charge in [-0.3, -0.25) is 38.9 Å². The van der Waals surface area contributed by atoms with Gasteiger partial charge in [-0.2, -0.15) is 10.2 Å². The number of H-pyrrole nitrogens is 1. The number of carbonyl (C=O) groups excluding carboxylic acids is 4. The van der Waals surface area contributed by atoms with E-state index in [1.807, 2.05) is 73.9 Å². The summed E-state index contributed by atoms with van der Waals surface area (Å²) in [4.78, 5) is 64.4. The van der Waals surface area contributed by atoms with E-state index in [1.54, 1.807) is 69.7 Å². The molecular formula is C50H57Cl5N12O6. The number of aromatic amines is 1. The largest absolute Gasteiger partial charge is 0.495 e. The van der Waals surface area contributed by atoms with Crippen molar-refractivity contribution >= 4 is 93.0 Å². The number of hydrogen-bond donors (Lipinski definition) is 3. The number of carbonyl (C=O) groups is 4. The minimum absolute atomic E-state index is 0.000176. The highest BCUT2D eigenvalue weighted by Gasteiger charge is 2.30. The van der Waals surface area contributed by atoms with E-state index < -0.39 is 0 Å². The molecule has 0 aliphatic carbocycles. The maximum absolute atomic E-state index is 13.2. The van der Waals surface area contributed by atoms with Gasteiger partial charge in [-0.05, 0) is 76.2 Å². The second-order valence-corrected chi connectivity index (χ2v) is 18.8. The number of ether oxygens (including phenoxy) is 2. The van der Waals surface area contributed by atoms with Crippen molar-refractivity contribution in [3.05, 3.63) is 116 Å². The van der Waals surface area contributed by atoms with Crippen molar-refractivity contribution in [1.82, 2.24) is 50.4 Å². The lowest BCUT2D eigenvalue weighted by Crippen LogP contribution is -2.54. The minimum Gasteiger partial charge on any atom is -0.495 e. The van der Waals surface area contributed by atoms with Crippen molar-refractivity contribution in [3.63, 3.8) is 0 Å². The SMILES string of the molecule is CNC(=O)c1ccc(-c2n[nH]c(C)c2Cl)cn1.CNC(=O)c1ccc(-c2nn(CC(=O)N3CCN(c4ccc(Cl)c(OC)c4)C[C@@H]3C)c(C)c2Cl)cn1.COc1cc(N2CCN(C(=O)CCl)[C@@H](C)C2)ccc1Cl. The molecule has 388 valence electrons. The van der Waals surface area contributed by atoms with Gasteiger partial charge in [-0.25, -0.2) is 0 Å². The predicted octanol–water partition coefficient (Wildman–Crippen LogP) is 8.08. The second-order valence-electron chi connectivity index (χ2n) is 17.0. The molecule has 2 saturated heterocycles. The van der Waals surface area contributed by atoms with Crippen LogP contribution in [0.3, 0.4) is 0 Å². The average Bonchev–Trinajstić information content (AvgIpc) is 3.89. The number of anilines is 2. The molecule has 0 spiro atoms. The van der Waals surface area contributed by atoms with Gasteiger partial charge in [-0.1, -0.05) is 46.4 Å². The number of aryl methyl sites for hydroxylation is 1. The van der Waals surface area contributed by atoms with E-state index in [9.17, 15) is 19.2 Å². The summed E-state index contributed by atoms with van der Waals surface area (Å²) in [7, 11) is 6.30. The maximum atomic E-state index is 13.2. The molecule has 6 aromatic rings. The van der Waals surface area contributed by atoms with Crippen LogP contribution < -0.4 is 29.9 Å². The van der Waals surface area contributed by atoms with Gasteiger partial charge in [0.1, 0.15) is 46.7 Å². The molecule has 8 rings (SSSR count). The summed E-state index contributed by atoms with van der Waals surface area (Å²) in [5, 5.41) is 18.7. The molecule has 2 fully saturated rings. The fourth-order valence-electron chi connectivity index (χ4n) is 8.17. The van der Waals surface area contributed by atoms with Gasteiger partial charge in [-0.15, -0.1) is 11.6 Å². The third kappa shape index (κ3) is 13.5. The molecular weight excluding hydrogens is 1040 g/mol. The number of aromatic nitrogens is 6. The van der Waals surface area contributed by atoms with E-state index in [1.165, 1.54) is 0 Å². The Labute approximate surface area is 449 Å². The summed E-state index contributed by atoms with van der Waals surface area (Å²) in [5.74, 6) is 0.797. The number of piperazine rings is 2. The number of methoxy groups -OCH3 is 2. The van der Waals surface area contributed by atoms with E-state index in [2.05, 4.69) is 45.7 Å². The van der Waals surface area contributed by atoms with Crippen LogP contribution >= 0.6 is 58.0 Å². The number of nitrogens with zero attached hydrogens (tertiary/aromatic N) is 9. The molecule has 18 nitrogen and oxygen atoms in total. The van der Waals surface area contributed by atoms with Crippen molar-refractivity contribution < 1.29 is 28.7 Å². The van der Waals surface area contributed by atoms with Crippen LogP contribution in [0, 0.1) is 13.8 Å². The van der Waals surface area contributed by atoms with Crippen LogP contribution in [0.15, 0.2) is 73.1 Å². The van der Waals surface area contributed by atoms with Gasteiger partial charge in [0.05, 0.1) is 45.7 Å². The van der Waals surface area contributed by atoms with Crippen molar-refractivity contribution in [3.8, 4) is 34.0 Å². The van der Waals surface area contributed by atoms with E-state index in [-0.39, 0.29) is 48.1 Å². The van der Waals surface area contributed by atoms with Gasteiger partial charge >= 0.3 is 0 Å². The zero-order valence-corrected chi connectivity index (χ0v) is 45.4. The van der Waals surface area contributed by atoms with Gasteiger partial charge in [0, 0.05) is 112 Å². The van der Waals surface area contributed by atoms with Gasteiger partial charge in [0.15, 0.2) is 0 Å². The van der Waals surface area contributed by atoms with Crippen LogP contribution in [-0.2, 0) is 16.1 Å². The molecule has 2 aliphatic rings. The zero-order chi connectivity index (χ0) is 53.1. The molecule has 23 heteroatoms. The van der Waals surface area contributed by atoms with Crippen molar-refractivity contribution in [2.24, 2.45) is 0 Å². The summed E-state index contributed by atoms with van der Waals surface area (Å²) in [5.41, 5.74) is 6.81. The van der Waals surface area contributed by atoms with Crippen LogP contribution in [0.5, 0.6) is 11.5 Å². The minimum atomic E-state index is -0.274. The topological polar surface area (TPSA) is 196 Å². The van der Waals surface area contributed by atoms with Crippen LogP contribution in [-0.4, -0.2) is 149 Å². The molecule has 0 saturated carbocycles. The molecule has 4 amide bonds. The lowest BCUT2D eigenvalue weighted by Gasteiger charge is -2.41. The Balaban J connectivity index is 0.000000197. The molecule has 0 bridgehead atoms. The van der Waals surface area contributed by atoms with Crippen LogP contribution in [0.2, 0.25) is 20.1 Å². The smallest absolute Gasteiger partial charge is 0.269 e. The molecule has 6 heterocycles. The van der Waals surface area contributed by atoms with E-state index >= 15 is 0 Å². The van der Waals surface area contributed by atoms with Crippen molar-refractivity contribution in [2.45, 2.75) is 46.3 Å². The number of rotatable bonds is 11. The van der Waals surface area contributed by atoms with Gasteiger partial charge in [0.2, 0.25) is 11.8 Å². The highest BCUT2D eigenvalue weighted by atomic mass is 35.5. The number of pyridine rings is 2. The summed E-state index contributed by atoms with van der Waals surface area (Å²) < 4.78 is 12.2. The van der Waals surface area contributed by atoms with E-state index in [0.717, 1.165) is 35.7 Å². The van der Waals surface area contributed by atoms with Crippen LogP contribution in [0.4, 0.5) is 11.4 Å². The van der Waals surface area contributed by atoms with Crippen molar-refractivity contribution in [2.75, 3.05) is 83.3 Å². The van der Waals surface area contributed by atoms with Crippen LogP contribution in [0.1, 0.15) is 46.2 Å². The van der Waals surface area contributed by atoms with E-state index in [4.69, 9.17) is 67.5 Å². The quantitative estimate of drug-likeness (QED) is 0.106. The monoisotopic (exact) mass is 1100 g/mol. The average molecular weight is 1100 g/mol. The Kier molecular flexibility index (Phi) is 19.6. The Morgan fingerprint density at radius 3 is 1.55 bits per heavy atom. The molecule has 4 aromatic heterocycles. The molecule has 2 aliphatic heterocycles. The molecule has 73 heavy (non-hydrogen) atoms. The fourth-order valence-corrected chi connectivity index (χ4v) is 9.15. The molecule has 2 aromatic carbocycles. The Bertz CT molecular complexity index is 2900. The van der Waals surface area contributed by atoms with Crippen LogP contribution in [0.25, 0.3) is 22.5 Å². The Morgan fingerprint density at radius 1 is 0.671 bits per heavy atom. The first kappa shape index (κ1) is 56.0. The normalized spacial score (nSPS) is 15.4. The third-order valence-electron chi connectivity index (χ3n) is 12.3. The summed E-state index contributed by atoms with van der Waals surface area (Å²) in [6.45, 7) is 12.0. The third-order valence-corrected chi connectivity index (χ3v) is 14.1. The molecule has 2 atom stereocenters. The van der Waals surface area contributed by atoms with E-state index in [0.29, 0.717) is 91.8 Å². The number of nitrogens with one attached hydrogen (secondary N) is 3. The first-order valence-electron chi connectivity index (χ1n) is 23.0. The highest BCUT2D eigenvalue weighted by molar-refractivity contribution is 6.34. The number of benzene rings is 2. The first-order chi connectivity index (χ1) is 34.9.